The van der Waals surface area contributed by atoms with Gasteiger partial charge in [-0.3, -0.25) is 19.3 Å². The zero-order valence-electron chi connectivity index (χ0n) is 17.7. The molecule has 4 aliphatic carbocycles. The second-order valence-electron chi connectivity index (χ2n) is 10.0. The quantitative estimate of drug-likeness (QED) is 0.402. The highest BCUT2D eigenvalue weighted by Gasteiger charge is 2.65. The van der Waals surface area contributed by atoms with E-state index in [-0.39, 0.29) is 23.3 Å². The first-order valence-electron chi connectivity index (χ1n) is 11.2. The van der Waals surface area contributed by atoms with Gasteiger partial charge in [0, 0.05) is 24.6 Å². The van der Waals surface area contributed by atoms with E-state index in [4.69, 9.17) is 5.73 Å². The number of likely N-dealkylation sites (tertiary alicyclic amines) is 1. The normalized spacial score (nSPS) is 37.4. The number of aliphatic hydroxyl groups excluding tert-OH is 2. The van der Waals surface area contributed by atoms with Gasteiger partial charge in [0.05, 0.1) is 11.6 Å². The van der Waals surface area contributed by atoms with Crippen LogP contribution in [0.3, 0.4) is 0 Å². The number of ketones is 2. The number of aliphatic hydroxyl groups is 3. The lowest BCUT2D eigenvalue weighted by Crippen LogP contribution is -2.66. The maximum atomic E-state index is 13.7. The van der Waals surface area contributed by atoms with Crippen molar-refractivity contribution in [1.82, 2.24) is 4.90 Å². The topological polar surface area (TPSA) is 161 Å². The van der Waals surface area contributed by atoms with Crippen LogP contribution in [0.5, 0.6) is 5.75 Å². The van der Waals surface area contributed by atoms with Crippen LogP contribution in [0.25, 0.3) is 5.76 Å². The summed E-state index contributed by atoms with van der Waals surface area (Å²) >= 11 is 0. The van der Waals surface area contributed by atoms with Crippen molar-refractivity contribution < 1.29 is 34.8 Å². The number of nitrogens with two attached hydrogens (primary N) is 1. The third-order valence-electron chi connectivity index (χ3n) is 8.30. The molecule has 1 aromatic carbocycles. The molecule has 0 radical (unpaired) electrons. The fraction of sp³-hybridized carbons (Fsp3) is 0.458. The summed E-state index contributed by atoms with van der Waals surface area (Å²) < 4.78 is 0. The van der Waals surface area contributed by atoms with E-state index in [0.717, 1.165) is 6.42 Å². The van der Waals surface area contributed by atoms with E-state index in [2.05, 4.69) is 0 Å². The molecule has 6 rings (SSSR count). The molecule has 0 unspecified atom stereocenters. The highest BCUT2D eigenvalue weighted by molar-refractivity contribution is 6.24. The van der Waals surface area contributed by atoms with E-state index < -0.39 is 58.0 Å². The van der Waals surface area contributed by atoms with Crippen LogP contribution in [0.15, 0.2) is 35.1 Å². The number of Topliss-reactive ketones (excluding diaryl/α,β-unsaturated/α-hetero) is 2. The molecule has 6 atom stereocenters. The number of benzene rings is 1. The molecule has 1 saturated heterocycles. The largest absolute Gasteiger partial charge is 0.508 e. The molecule has 172 valence electrons. The Morgan fingerprint density at radius 2 is 1.79 bits per heavy atom. The smallest absolute Gasteiger partial charge is 0.255 e. The minimum absolute atomic E-state index is 0.112. The van der Waals surface area contributed by atoms with Crippen molar-refractivity contribution in [1.29, 1.82) is 0 Å². The number of amides is 1. The third kappa shape index (κ3) is 2.52. The molecule has 0 aromatic heterocycles. The Morgan fingerprint density at radius 3 is 2.45 bits per heavy atom. The molecule has 0 spiro atoms. The van der Waals surface area contributed by atoms with E-state index in [0.29, 0.717) is 36.9 Å². The lowest BCUT2D eigenvalue weighted by molar-refractivity contribution is -0.154. The molecule has 2 saturated carbocycles. The summed E-state index contributed by atoms with van der Waals surface area (Å²) in [6.07, 6.45) is 1.52. The molecular formula is C24H24N2O7. The van der Waals surface area contributed by atoms with Gasteiger partial charge in [-0.15, -0.1) is 0 Å². The van der Waals surface area contributed by atoms with Crippen LogP contribution >= 0.6 is 0 Å². The highest BCUT2D eigenvalue weighted by Crippen LogP contribution is 2.54. The maximum absolute atomic E-state index is 13.7. The van der Waals surface area contributed by atoms with Crippen molar-refractivity contribution in [2.75, 3.05) is 13.1 Å². The Bertz CT molecular complexity index is 1210. The Labute approximate surface area is 188 Å². The molecule has 5 aliphatic rings. The summed E-state index contributed by atoms with van der Waals surface area (Å²) in [7, 11) is 0. The van der Waals surface area contributed by atoms with E-state index in [9.17, 15) is 34.8 Å². The molecule has 0 bridgehead atoms. The van der Waals surface area contributed by atoms with Gasteiger partial charge in [0.2, 0.25) is 5.78 Å². The van der Waals surface area contributed by atoms with Crippen LogP contribution in [0.4, 0.5) is 0 Å². The van der Waals surface area contributed by atoms with Gasteiger partial charge in [-0.2, -0.15) is 0 Å². The summed E-state index contributed by atoms with van der Waals surface area (Å²) in [6, 6.07) is 3.80. The first-order chi connectivity index (χ1) is 15.6. The molecule has 1 aliphatic heterocycles. The first-order valence-corrected chi connectivity index (χ1v) is 11.2. The van der Waals surface area contributed by atoms with Crippen molar-refractivity contribution in [3.8, 4) is 5.75 Å². The summed E-state index contributed by atoms with van der Waals surface area (Å²) in [4.78, 5) is 41.2. The number of nitrogens with zero attached hydrogens (tertiary/aromatic N) is 1. The number of hydrogen-bond donors (Lipinski definition) is 5. The minimum atomic E-state index is -2.57. The Hall–Kier alpha value is -3.17. The number of hydrogen-bond acceptors (Lipinski definition) is 8. The van der Waals surface area contributed by atoms with Gasteiger partial charge in [0.25, 0.3) is 5.91 Å². The van der Waals surface area contributed by atoms with Crippen LogP contribution in [0, 0.1) is 23.7 Å². The average Bonchev–Trinajstić information content (AvgIpc) is 3.36. The number of phenolic OH excluding ortho intramolecular Hbond substituents is 1. The Morgan fingerprint density at radius 1 is 1.09 bits per heavy atom. The molecule has 33 heavy (non-hydrogen) atoms. The fourth-order valence-electron chi connectivity index (χ4n) is 6.67. The standard InChI is InChI=1S/C24H24N2O7/c25-23(32)17-20(29)18(26-7-11-5-12(11)8-26)13-6-10-4-9-2-1-3-14(27)15(9)19(28)16(10)21(30)24(13,33)22(17)31/h1-3,10-13,18,27-28,31,33H,4-8H2,(H2,25,32)/t10-,11-,12+,13-,18+,24-/m0/s1. The second-order valence-corrected chi connectivity index (χ2v) is 10.0. The third-order valence-corrected chi connectivity index (χ3v) is 8.30. The molecule has 9 nitrogen and oxygen atoms in total. The Balaban J connectivity index is 1.53. The van der Waals surface area contributed by atoms with E-state index in [1.165, 1.54) is 6.07 Å². The minimum Gasteiger partial charge on any atom is -0.508 e. The number of rotatable bonds is 2. The van der Waals surface area contributed by atoms with Gasteiger partial charge in [-0.1, -0.05) is 12.1 Å². The van der Waals surface area contributed by atoms with Crippen LogP contribution in [-0.4, -0.2) is 67.5 Å². The lowest BCUT2D eigenvalue weighted by Gasteiger charge is -2.51. The maximum Gasteiger partial charge on any atom is 0.255 e. The van der Waals surface area contributed by atoms with Gasteiger partial charge >= 0.3 is 0 Å². The number of phenols is 1. The van der Waals surface area contributed by atoms with E-state index in [1.54, 1.807) is 12.1 Å². The monoisotopic (exact) mass is 452 g/mol. The second kappa shape index (κ2) is 6.45. The number of aromatic hydroxyl groups is 1. The molecule has 1 aromatic rings. The molecule has 1 amide bonds. The number of fused-ring (bicyclic) bond motifs is 4. The number of carbonyl (C=O) groups is 3. The molecular weight excluding hydrogens is 428 g/mol. The van der Waals surface area contributed by atoms with Gasteiger partial charge in [0.15, 0.2) is 11.4 Å². The van der Waals surface area contributed by atoms with Crippen molar-refractivity contribution in [2.45, 2.75) is 30.9 Å². The zero-order chi connectivity index (χ0) is 23.4. The average molecular weight is 452 g/mol. The zero-order valence-corrected chi connectivity index (χ0v) is 17.7. The van der Waals surface area contributed by atoms with Crippen molar-refractivity contribution >= 4 is 23.2 Å². The molecule has 1 heterocycles. The van der Waals surface area contributed by atoms with Gasteiger partial charge in [-0.05, 0) is 48.6 Å². The summed E-state index contributed by atoms with van der Waals surface area (Å²) in [5.74, 6) is -5.18. The number of piperidine rings is 1. The SMILES string of the molecule is NC(=O)C1=C(O)[C@@]2(O)C(=O)C3=C(O)c4c(O)cccc4C[C@H]3C[C@H]2[C@@H](N2C[C@H]3C[C@H]3C2)C1=O. The van der Waals surface area contributed by atoms with Crippen LogP contribution < -0.4 is 5.73 Å². The van der Waals surface area contributed by atoms with E-state index >= 15 is 0 Å². The lowest BCUT2D eigenvalue weighted by atomic mass is 9.57. The predicted octanol–water partition coefficient (Wildman–Crippen LogP) is 0.354. The number of carbonyl (C=O) groups excluding carboxylic acids is 3. The summed E-state index contributed by atoms with van der Waals surface area (Å²) in [5.41, 5.74) is 2.72. The molecule has 6 N–H and O–H groups in total. The van der Waals surface area contributed by atoms with Crippen molar-refractivity contribution in [3.05, 3.63) is 46.2 Å². The van der Waals surface area contributed by atoms with Crippen LogP contribution in [-0.2, 0) is 20.8 Å². The molecule has 3 fully saturated rings. The summed E-state index contributed by atoms with van der Waals surface area (Å²) in [6.45, 7) is 1.23. The van der Waals surface area contributed by atoms with Crippen molar-refractivity contribution in [3.63, 3.8) is 0 Å². The fourth-order valence-corrected chi connectivity index (χ4v) is 6.67. The van der Waals surface area contributed by atoms with Gasteiger partial charge in [-0.25, -0.2) is 0 Å². The first kappa shape index (κ1) is 20.4. The van der Waals surface area contributed by atoms with Crippen LogP contribution in [0.2, 0.25) is 0 Å². The van der Waals surface area contributed by atoms with E-state index in [1.807, 2.05) is 4.90 Å². The molecule has 9 heteroatoms. The predicted molar refractivity (Wildman–Crippen MR) is 114 cm³/mol. The number of primary amides is 1. The van der Waals surface area contributed by atoms with Crippen molar-refractivity contribution in [2.24, 2.45) is 29.4 Å². The highest BCUT2D eigenvalue weighted by atomic mass is 16.3. The van der Waals surface area contributed by atoms with Crippen LogP contribution in [0.1, 0.15) is 24.0 Å². The van der Waals surface area contributed by atoms with Gasteiger partial charge in [0.1, 0.15) is 22.8 Å². The summed E-state index contributed by atoms with van der Waals surface area (Å²) in [5, 5.41) is 43.8. The van der Waals surface area contributed by atoms with Gasteiger partial charge < -0.3 is 26.2 Å². The Kier molecular flexibility index (Phi) is 4.00.